The standard InChI is InChI=1S/C17H26N4O2/c1-11-18-16(20-19-11)15-10-21(7-8-23-15)17(22)14-9-13(14)12-5-3-2-4-6-12/h12-15H,2-10H2,1H3,(H,18,19,20)/t13-,14-,15-/m0/s1. The van der Waals surface area contributed by atoms with Gasteiger partial charge in [0.1, 0.15) is 11.9 Å². The average molecular weight is 318 g/mol. The van der Waals surface area contributed by atoms with E-state index in [1.54, 1.807) is 0 Å². The number of H-pyrrole nitrogens is 1. The van der Waals surface area contributed by atoms with Gasteiger partial charge in [0.2, 0.25) is 5.91 Å². The molecule has 0 bridgehead atoms. The van der Waals surface area contributed by atoms with Crippen molar-refractivity contribution in [2.75, 3.05) is 19.7 Å². The highest BCUT2D eigenvalue weighted by Crippen LogP contribution is 2.50. The number of hydrogen-bond donors (Lipinski definition) is 1. The Balaban J connectivity index is 1.35. The first-order valence-electron chi connectivity index (χ1n) is 9.01. The number of nitrogens with zero attached hydrogens (tertiary/aromatic N) is 3. The van der Waals surface area contributed by atoms with Crippen LogP contribution >= 0.6 is 0 Å². The predicted molar refractivity (Wildman–Crippen MR) is 84.6 cm³/mol. The molecule has 3 aliphatic rings. The lowest BCUT2D eigenvalue weighted by Crippen LogP contribution is -2.43. The molecule has 1 aliphatic heterocycles. The number of carbonyl (C=O) groups is 1. The normalized spacial score (nSPS) is 32.0. The Hall–Kier alpha value is -1.43. The summed E-state index contributed by atoms with van der Waals surface area (Å²) in [6, 6.07) is 0. The van der Waals surface area contributed by atoms with Gasteiger partial charge in [-0.2, -0.15) is 5.10 Å². The summed E-state index contributed by atoms with van der Waals surface area (Å²) < 4.78 is 5.76. The topological polar surface area (TPSA) is 71.1 Å². The van der Waals surface area contributed by atoms with Gasteiger partial charge in [-0.15, -0.1) is 0 Å². The molecule has 1 aromatic heterocycles. The third-order valence-corrected chi connectivity index (χ3v) is 5.69. The van der Waals surface area contributed by atoms with E-state index in [1.165, 1.54) is 32.1 Å². The Labute approximate surface area is 137 Å². The molecule has 1 aromatic rings. The second kappa shape index (κ2) is 6.23. The third-order valence-electron chi connectivity index (χ3n) is 5.69. The maximum atomic E-state index is 12.8. The molecule has 0 spiro atoms. The van der Waals surface area contributed by atoms with Gasteiger partial charge in [-0.1, -0.05) is 32.1 Å². The molecule has 126 valence electrons. The summed E-state index contributed by atoms with van der Waals surface area (Å²) in [4.78, 5) is 19.1. The van der Waals surface area contributed by atoms with Gasteiger partial charge in [0.25, 0.3) is 0 Å². The first-order chi connectivity index (χ1) is 11.2. The van der Waals surface area contributed by atoms with Crippen LogP contribution in [0.15, 0.2) is 0 Å². The second-order valence-electron chi connectivity index (χ2n) is 7.33. The van der Waals surface area contributed by atoms with Gasteiger partial charge >= 0.3 is 0 Å². The molecule has 2 aliphatic carbocycles. The van der Waals surface area contributed by atoms with Crippen LogP contribution in [0.4, 0.5) is 0 Å². The number of ether oxygens (including phenoxy) is 1. The quantitative estimate of drug-likeness (QED) is 0.928. The van der Waals surface area contributed by atoms with E-state index in [9.17, 15) is 4.79 Å². The molecule has 0 radical (unpaired) electrons. The molecular weight excluding hydrogens is 292 g/mol. The van der Waals surface area contributed by atoms with Gasteiger partial charge < -0.3 is 9.64 Å². The minimum Gasteiger partial charge on any atom is -0.366 e. The number of aromatic nitrogens is 3. The van der Waals surface area contributed by atoms with Crippen LogP contribution in [0.3, 0.4) is 0 Å². The third kappa shape index (κ3) is 3.13. The molecule has 0 unspecified atom stereocenters. The number of morpholine rings is 1. The zero-order valence-corrected chi connectivity index (χ0v) is 13.8. The van der Waals surface area contributed by atoms with Crippen molar-refractivity contribution in [1.29, 1.82) is 0 Å². The molecule has 1 N–H and O–H groups in total. The molecule has 1 saturated heterocycles. The van der Waals surface area contributed by atoms with Crippen LogP contribution < -0.4 is 0 Å². The van der Waals surface area contributed by atoms with Crippen molar-refractivity contribution < 1.29 is 9.53 Å². The number of nitrogens with one attached hydrogen (secondary N) is 1. The molecule has 0 aromatic carbocycles. The van der Waals surface area contributed by atoms with Crippen molar-refractivity contribution in [2.24, 2.45) is 17.8 Å². The summed E-state index contributed by atoms with van der Waals surface area (Å²) in [5, 5.41) is 7.03. The lowest BCUT2D eigenvalue weighted by Gasteiger charge is -2.32. The maximum Gasteiger partial charge on any atom is 0.226 e. The van der Waals surface area contributed by atoms with Gasteiger partial charge in [-0.05, 0) is 25.2 Å². The van der Waals surface area contributed by atoms with E-state index in [4.69, 9.17) is 4.74 Å². The van der Waals surface area contributed by atoms with Crippen LogP contribution in [0.25, 0.3) is 0 Å². The molecule has 1 amide bonds. The van der Waals surface area contributed by atoms with Crippen molar-refractivity contribution >= 4 is 5.91 Å². The number of hydrogen-bond acceptors (Lipinski definition) is 4. The summed E-state index contributed by atoms with van der Waals surface area (Å²) in [6.07, 6.45) is 7.66. The summed E-state index contributed by atoms with van der Waals surface area (Å²) in [5.41, 5.74) is 0. The maximum absolute atomic E-state index is 12.8. The number of amides is 1. The average Bonchev–Trinajstić information content (AvgIpc) is 3.29. The number of carbonyl (C=O) groups excluding carboxylic acids is 1. The SMILES string of the molecule is Cc1nc([C@@H]2CN(C(=O)[C@H]3C[C@H]3C3CCCCC3)CCO2)n[nH]1. The molecule has 3 atom stereocenters. The Bertz CT molecular complexity index is 567. The van der Waals surface area contributed by atoms with Crippen molar-refractivity contribution in [3.8, 4) is 0 Å². The molecule has 2 heterocycles. The first-order valence-corrected chi connectivity index (χ1v) is 9.01. The molecule has 6 nitrogen and oxygen atoms in total. The Morgan fingerprint density at radius 3 is 2.87 bits per heavy atom. The van der Waals surface area contributed by atoms with E-state index in [0.29, 0.717) is 37.3 Å². The minimum atomic E-state index is -0.190. The fraction of sp³-hybridized carbons (Fsp3) is 0.824. The van der Waals surface area contributed by atoms with Gasteiger partial charge in [0.05, 0.1) is 13.2 Å². The number of rotatable bonds is 3. The fourth-order valence-corrected chi connectivity index (χ4v) is 4.33. The highest BCUT2D eigenvalue weighted by atomic mass is 16.5. The summed E-state index contributed by atoms with van der Waals surface area (Å²) in [7, 11) is 0. The summed E-state index contributed by atoms with van der Waals surface area (Å²) >= 11 is 0. The molecule has 23 heavy (non-hydrogen) atoms. The molecule has 2 saturated carbocycles. The van der Waals surface area contributed by atoms with Gasteiger partial charge in [0.15, 0.2) is 5.82 Å². The Morgan fingerprint density at radius 1 is 1.30 bits per heavy atom. The highest BCUT2D eigenvalue weighted by molar-refractivity contribution is 5.81. The summed E-state index contributed by atoms with van der Waals surface area (Å²) in [5.74, 6) is 3.50. The number of aromatic amines is 1. The predicted octanol–water partition coefficient (Wildman–Crippen LogP) is 2.23. The van der Waals surface area contributed by atoms with E-state index < -0.39 is 0 Å². The van der Waals surface area contributed by atoms with Crippen LogP contribution in [0.1, 0.15) is 56.3 Å². The second-order valence-corrected chi connectivity index (χ2v) is 7.33. The minimum absolute atomic E-state index is 0.190. The molecule has 6 heteroatoms. The van der Waals surface area contributed by atoms with E-state index in [0.717, 1.165) is 18.2 Å². The van der Waals surface area contributed by atoms with Crippen LogP contribution in [-0.2, 0) is 9.53 Å². The molecular formula is C17H26N4O2. The Kier molecular flexibility index (Phi) is 4.09. The van der Waals surface area contributed by atoms with Gasteiger partial charge in [0, 0.05) is 12.5 Å². The molecule has 4 rings (SSSR count). The smallest absolute Gasteiger partial charge is 0.226 e. The van der Waals surface area contributed by atoms with E-state index in [-0.39, 0.29) is 12.0 Å². The molecule has 3 fully saturated rings. The zero-order chi connectivity index (χ0) is 15.8. The van der Waals surface area contributed by atoms with Gasteiger partial charge in [-0.25, -0.2) is 4.98 Å². The van der Waals surface area contributed by atoms with Crippen LogP contribution in [0.2, 0.25) is 0 Å². The summed E-state index contributed by atoms with van der Waals surface area (Å²) in [6.45, 7) is 3.74. The van der Waals surface area contributed by atoms with Gasteiger partial charge in [-0.3, -0.25) is 9.89 Å². The van der Waals surface area contributed by atoms with Crippen molar-refractivity contribution in [3.05, 3.63) is 11.6 Å². The van der Waals surface area contributed by atoms with E-state index >= 15 is 0 Å². The Morgan fingerprint density at radius 2 is 2.13 bits per heavy atom. The van der Waals surface area contributed by atoms with Crippen molar-refractivity contribution in [2.45, 2.75) is 51.6 Å². The van der Waals surface area contributed by atoms with E-state index in [1.807, 2.05) is 11.8 Å². The van der Waals surface area contributed by atoms with Crippen molar-refractivity contribution in [1.82, 2.24) is 20.1 Å². The number of aryl methyl sites for hydroxylation is 1. The largest absolute Gasteiger partial charge is 0.366 e. The highest BCUT2D eigenvalue weighted by Gasteiger charge is 2.49. The van der Waals surface area contributed by atoms with Crippen LogP contribution in [-0.4, -0.2) is 45.7 Å². The zero-order valence-electron chi connectivity index (χ0n) is 13.8. The van der Waals surface area contributed by atoms with Crippen molar-refractivity contribution in [3.63, 3.8) is 0 Å². The lowest BCUT2D eigenvalue weighted by atomic mass is 9.85. The van der Waals surface area contributed by atoms with Crippen LogP contribution in [0, 0.1) is 24.7 Å². The van der Waals surface area contributed by atoms with Crippen LogP contribution in [0.5, 0.6) is 0 Å². The fourth-order valence-electron chi connectivity index (χ4n) is 4.33. The van der Waals surface area contributed by atoms with E-state index in [2.05, 4.69) is 15.2 Å². The first kappa shape index (κ1) is 15.1. The lowest BCUT2D eigenvalue weighted by molar-refractivity contribution is -0.141. The monoisotopic (exact) mass is 318 g/mol.